The van der Waals surface area contributed by atoms with Gasteiger partial charge in [-0.25, -0.2) is 0 Å². The molecule has 0 aliphatic rings. The van der Waals surface area contributed by atoms with Gasteiger partial charge in [-0.05, 0) is 26.0 Å². The van der Waals surface area contributed by atoms with Gasteiger partial charge in [0.25, 0.3) is 5.56 Å². The predicted octanol–water partition coefficient (Wildman–Crippen LogP) is 1.85. The Morgan fingerprint density at radius 3 is 2.71 bits per heavy atom. The minimum Gasteiger partial charge on any atom is -0.503 e. The van der Waals surface area contributed by atoms with Gasteiger partial charge in [0.1, 0.15) is 0 Å². The van der Waals surface area contributed by atoms with Crippen molar-refractivity contribution in [1.29, 1.82) is 0 Å². The van der Waals surface area contributed by atoms with E-state index in [4.69, 9.17) is 0 Å². The standard InChI is InChI=1S/C11H11NO2/c1-6-3-4-9-8(5-6)7(2)10(13)11(14)12-9/h3-5,13H,1-2H3,(H,12,14). The summed E-state index contributed by atoms with van der Waals surface area (Å²) in [5.41, 5.74) is 2.06. The van der Waals surface area contributed by atoms with Crippen molar-refractivity contribution < 1.29 is 5.11 Å². The van der Waals surface area contributed by atoms with Crippen molar-refractivity contribution in [3.05, 3.63) is 39.7 Å². The smallest absolute Gasteiger partial charge is 0.290 e. The Bertz CT molecular complexity index is 555. The first-order valence-corrected chi connectivity index (χ1v) is 4.42. The maximum Gasteiger partial charge on any atom is 0.290 e. The van der Waals surface area contributed by atoms with Gasteiger partial charge >= 0.3 is 0 Å². The largest absolute Gasteiger partial charge is 0.503 e. The van der Waals surface area contributed by atoms with Crippen LogP contribution in [0.1, 0.15) is 11.1 Å². The highest BCUT2D eigenvalue weighted by molar-refractivity contribution is 5.84. The lowest BCUT2D eigenvalue weighted by molar-refractivity contribution is 0.464. The molecule has 14 heavy (non-hydrogen) atoms. The van der Waals surface area contributed by atoms with Crippen LogP contribution in [-0.4, -0.2) is 10.1 Å². The second kappa shape index (κ2) is 2.87. The van der Waals surface area contributed by atoms with E-state index in [0.29, 0.717) is 5.56 Å². The predicted molar refractivity (Wildman–Crippen MR) is 55.7 cm³/mol. The maximum atomic E-state index is 11.2. The summed E-state index contributed by atoms with van der Waals surface area (Å²) in [5.74, 6) is -0.192. The van der Waals surface area contributed by atoms with Crippen LogP contribution in [0.25, 0.3) is 10.9 Å². The Kier molecular flexibility index (Phi) is 1.81. The lowest BCUT2D eigenvalue weighted by Gasteiger charge is -2.04. The fourth-order valence-electron chi connectivity index (χ4n) is 1.56. The Hall–Kier alpha value is -1.77. The van der Waals surface area contributed by atoms with Crippen molar-refractivity contribution in [2.45, 2.75) is 13.8 Å². The minimum atomic E-state index is -0.432. The molecule has 3 nitrogen and oxygen atoms in total. The Morgan fingerprint density at radius 2 is 2.00 bits per heavy atom. The zero-order valence-electron chi connectivity index (χ0n) is 8.09. The van der Waals surface area contributed by atoms with Crippen molar-refractivity contribution in [2.75, 3.05) is 0 Å². The van der Waals surface area contributed by atoms with Gasteiger partial charge in [-0.15, -0.1) is 0 Å². The van der Waals surface area contributed by atoms with E-state index < -0.39 is 5.56 Å². The first-order chi connectivity index (χ1) is 6.59. The van der Waals surface area contributed by atoms with Gasteiger partial charge in [-0.3, -0.25) is 4.79 Å². The van der Waals surface area contributed by atoms with E-state index in [-0.39, 0.29) is 5.75 Å². The van der Waals surface area contributed by atoms with Crippen molar-refractivity contribution in [1.82, 2.24) is 4.98 Å². The average molecular weight is 189 g/mol. The number of aromatic hydroxyl groups is 1. The number of aryl methyl sites for hydroxylation is 2. The van der Waals surface area contributed by atoms with E-state index in [1.165, 1.54) is 0 Å². The second-order valence-corrected chi connectivity index (χ2v) is 3.48. The number of H-pyrrole nitrogens is 1. The van der Waals surface area contributed by atoms with Crippen LogP contribution in [0.15, 0.2) is 23.0 Å². The molecular weight excluding hydrogens is 178 g/mol. The van der Waals surface area contributed by atoms with Crippen LogP contribution < -0.4 is 5.56 Å². The Labute approximate surface area is 81.0 Å². The Balaban J connectivity index is 2.99. The number of fused-ring (bicyclic) bond motifs is 1. The zero-order valence-corrected chi connectivity index (χ0v) is 8.09. The van der Waals surface area contributed by atoms with Gasteiger partial charge < -0.3 is 10.1 Å². The topological polar surface area (TPSA) is 53.1 Å². The lowest BCUT2D eigenvalue weighted by Crippen LogP contribution is -2.06. The van der Waals surface area contributed by atoms with Gasteiger partial charge in [0.15, 0.2) is 5.75 Å². The summed E-state index contributed by atoms with van der Waals surface area (Å²) in [6, 6.07) is 5.72. The molecule has 1 aromatic carbocycles. The molecule has 2 N–H and O–H groups in total. The molecule has 0 amide bonds. The van der Waals surface area contributed by atoms with Gasteiger partial charge in [0.05, 0.1) is 0 Å². The van der Waals surface area contributed by atoms with E-state index in [1.54, 1.807) is 6.92 Å². The number of aromatic nitrogens is 1. The molecule has 1 aromatic heterocycles. The van der Waals surface area contributed by atoms with Crippen LogP contribution in [0.4, 0.5) is 0 Å². The van der Waals surface area contributed by atoms with Crippen LogP contribution >= 0.6 is 0 Å². The van der Waals surface area contributed by atoms with Crippen LogP contribution in [0.3, 0.4) is 0 Å². The molecule has 0 aliphatic carbocycles. The van der Waals surface area contributed by atoms with E-state index in [9.17, 15) is 9.90 Å². The number of aromatic amines is 1. The minimum absolute atomic E-state index is 0.192. The molecule has 0 saturated heterocycles. The highest BCUT2D eigenvalue weighted by Crippen LogP contribution is 2.21. The zero-order chi connectivity index (χ0) is 10.3. The quantitative estimate of drug-likeness (QED) is 0.664. The number of pyridine rings is 1. The molecule has 0 unspecified atom stereocenters. The van der Waals surface area contributed by atoms with Crippen LogP contribution in [0.5, 0.6) is 5.75 Å². The lowest BCUT2D eigenvalue weighted by atomic mass is 10.1. The van der Waals surface area contributed by atoms with E-state index in [1.807, 2.05) is 25.1 Å². The number of hydrogen-bond donors (Lipinski definition) is 2. The van der Waals surface area contributed by atoms with Gasteiger partial charge in [-0.2, -0.15) is 0 Å². The molecule has 0 fully saturated rings. The second-order valence-electron chi connectivity index (χ2n) is 3.48. The number of hydrogen-bond acceptors (Lipinski definition) is 2. The molecule has 2 aromatic rings. The fourth-order valence-corrected chi connectivity index (χ4v) is 1.56. The highest BCUT2D eigenvalue weighted by atomic mass is 16.3. The SMILES string of the molecule is Cc1ccc2[nH]c(=O)c(O)c(C)c2c1. The third-order valence-electron chi connectivity index (χ3n) is 2.40. The molecular formula is C11H11NO2. The van der Waals surface area contributed by atoms with Crippen molar-refractivity contribution in [3.63, 3.8) is 0 Å². The summed E-state index contributed by atoms with van der Waals surface area (Å²) in [6.07, 6.45) is 0. The van der Waals surface area contributed by atoms with Crippen molar-refractivity contribution in [3.8, 4) is 5.75 Å². The summed E-state index contributed by atoms with van der Waals surface area (Å²) in [7, 11) is 0. The third kappa shape index (κ3) is 1.18. The summed E-state index contributed by atoms with van der Waals surface area (Å²) >= 11 is 0. The van der Waals surface area contributed by atoms with E-state index in [0.717, 1.165) is 16.5 Å². The molecule has 1 heterocycles. The monoisotopic (exact) mass is 189 g/mol. The summed E-state index contributed by atoms with van der Waals surface area (Å²) in [5, 5.41) is 10.3. The molecule has 0 radical (unpaired) electrons. The molecule has 0 spiro atoms. The van der Waals surface area contributed by atoms with Gasteiger partial charge in [-0.1, -0.05) is 11.6 Å². The molecule has 2 rings (SSSR count). The average Bonchev–Trinajstić information content (AvgIpc) is 2.16. The maximum absolute atomic E-state index is 11.2. The van der Waals surface area contributed by atoms with E-state index in [2.05, 4.69) is 4.98 Å². The van der Waals surface area contributed by atoms with Gasteiger partial charge in [0.2, 0.25) is 0 Å². The number of benzene rings is 1. The molecule has 72 valence electrons. The normalized spacial score (nSPS) is 10.7. The van der Waals surface area contributed by atoms with Gasteiger partial charge in [0, 0.05) is 16.5 Å². The van der Waals surface area contributed by atoms with Crippen LogP contribution in [0.2, 0.25) is 0 Å². The Morgan fingerprint density at radius 1 is 1.29 bits per heavy atom. The first-order valence-electron chi connectivity index (χ1n) is 4.42. The van der Waals surface area contributed by atoms with Crippen molar-refractivity contribution >= 4 is 10.9 Å². The fraction of sp³-hybridized carbons (Fsp3) is 0.182. The molecule has 0 saturated carbocycles. The highest BCUT2D eigenvalue weighted by Gasteiger charge is 2.06. The summed E-state index contributed by atoms with van der Waals surface area (Å²) < 4.78 is 0. The number of rotatable bonds is 0. The molecule has 0 aliphatic heterocycles. The molecule has 3 heteroatoms. The first kappa shape index (κ1) is 8.81. The van der Waals surface area contributed by atoms with Crippen LogP contribution in [0, 0.1) is 13.8 Å². The molecule has 0 atom stereocenters. The summed E-state index contributed by atoms with van der Waals surface area (Å²) in [4.78, 5) is 13.9. The summed E-state index contributed by atoms with van der Waals surface area (Å²) in [6.45, 7) is 3.72. The van der Waals surface area contributed by atoms with Crippen molar-refractivity contribution in [2.24, 2.45) is 0 Å². The third-order valence-corrected chi connectivity index (χ3v) is 2.40. The molecule has 0 bridgehead atoms. The van der Waals surface area contributed by atoms with E-state index >= 15 is 0 Å². The number of nitrogens with one attached hydrogen (secondary N) is 1. The van der Waals surface area contributed by atoms with Crippen LogP contribution in [-0.2, 0) is 0 Å².